The van der Waals surface area contributed by atoms with Crippen LogP contribution in [0.1, 0.15) is 18.4 Å². The second kappa shape index (κ2) is 5.75. The van der Waals surface area contributed by atoms with Gasteiger partial charge >= 0.3 is 0 Å². The van der Waals surface area contributed by atoms with Gasteiger partial charge in [-0.1, -0.05) is 30.3 Å². The Labute approximate surface area is 125 Å². The lowest BCUT2D eigenvalue weighted by molar-refractivity contribution is -0.124. The molecule has 3 rings (SSSR count). The summed E-state index contributed by atoms with van der Waals surface area (Å²) < 4.78 is 0. The van der Waals surface area contributed by atoms with Crippen molar-refractivity contribution in [3.05, 3.63) is 35.9 Å². The molecule has 1 amide bonds. The first kappa shape index (κ1) is 14.5. The number of nitrogens with two attached hydrogens (primary N) is 2. The first-order valence-corrected chi connectivity index (χ1v) is 7.70. The molecule has 114 valence electrons. The number of amides is 1. The van der Waals surface area contributed by atoms with E-state index in [9.17, 15) is 4.79 Å². The normalized spacial score (nSPS) is 26.2. The number of piperazine rings is 1. The van der Waals surface area contributed by atoms with E-state index in [1.54, 1.807) is 0 Å². The number of carbonyl (C=O) groups is 1. The standard InChI is InChI=1S/C16H24N4O/c17-15(21)16(18,13-5-2-1-3-6-13)12-19-9-10-20-8-4-7-14(20)11-19/h1-3,5-6,14H,4,7-12,18H2,(H2,17,21). The second-order valence-electron chi connectivity index (χ2n) is 6.27. The van der Waals surface area contributed by atoms with Gasteiger partial charge in [-0.25, -0.2) is 0 Å². The van der Waals surface area contributed by atoms with E-state index in [2.05, 4.69) is 9.80 Å². The summed E-state index contributed by atoms with van der Waals surface area (Å²) in [6.07, 6.45) is 2.52. The molecule has 21 heavy (non-hydrogen) atoms. The molecule has 0 saturated carbocycles. The minimum absolute atomic E-state index is 0.456. The van der Waals surface area contributed by atoms with Gasteiger partial charge in [0.25, 0.3) is 0 Å². The summed E-state index contributed by atoms with van der Waals surface area (Å²) in [5, 5.41) is 0. The van der Waals surface area contributed by atoms with Gasteiger partial charge in [0.2, 0.25) is 5.91 Å². The van der Waals surface area contributed by atoms with Gasteiger partial charge in [0.15, 0.2) is 0 Å². The Bertz CT molecular complexity index is 506. The number of hydrogen-bond acceptors (Lipinski definition) is 4. The van der Waals surface area contributed by atoms with Crippen molar-refractivity contribution in [3.63, 3.8) is 0 Å². The fourth-order valence-corrected chi connectivity index (χ4v) is 3.60. The molecule has 0 bridgehead atoms. The maximum absolute atomic E-state index is 12.0. The molecule has 2 saturated heterocycles. The van der Waals surface area contributed by atoms with Gasteiger partial charge < -0.3 is 11.5 Å². The van der Waals surface area contributed by atoms with Gasteiger partial charge in [-0.3, -0.25) is 14.6 Å². The van der Waals surface area contributed by atoms with Crippen molar-refractivity contribution in [2.45, 2.75) is 24.4 Å². The Balaban J connectivity index is 1.75. The number of hydrogen-bond donors (Lipinski definition) is 2. The second-order valence-corrected chi connectivity index (χ2v) is 6.27. The molecule has 1 aromatic carbocycles. The lowest BCUT2D eigenvalue weighted by Crippen LogP contribution is -2.60. The van der Waals surface area contributed by atoms with Crippen LogP contribution in [0.2, 0.25) is 0 Å². The van der Waals surface area contributed by atoms with E-state index in [1.165, 1.54) is 19.4 Å². The SMILES string of the molecule is NC(=O)C(N)(CN1CCN2CCCC2C1)c1ccccc1. The van der Waals surface area contributed by atoms with E-state index in [-0.39, 0.29) is 0 Å². The number of primary amides is 1. The van der Waals surface area contributed by atoms with Crippen LogP contribution in [-0.4, -0.2) is 54.5 Å². The maximum Gasteiger partial charge on any atom is 0.243 e. The molecule has 0 aromatic heterocycles. The molecule has 0 spiro atoms. The van der Waals surface area contributed by atoms with Crippen LogP contribution in [0.25, 0.3) is 0 Å². The van der Waals surface area contributed by atoms with Crippen molar-refractivity contribution in [2.24, 2.45) is 11.5 Å². The van der Waals surface area contributed by atoms with Crippen LogP contribution < -0.4 is 11.5 Å². The number of carbonyl (C=O) groups excluding carboxylic acids is 1. The molecule has 5 heteroatoms. The Kier molecular flexibility index (Phi) is 3.97. The van der Waals surface area contributed by atoms with Gasteiger partial charge in [-0.05, 0) is 24.9 Å². The molecule has 2 fully saturated rings. The molecule has 2 heterocycles. The lowest BCUT2D eigenvalue weighted by Gasteiger charge is -2.41. The van der Waals surface area contributed by atoms with E-state index in [4.69, 9.17) is 11.5 Å². The van der Waals surface area contributed by atoms with E-state index >= 15 is 0 Å². The zero-order chi connectivity index (χ0) is 14.9. The van der Waals surface area contributed by atoms with E-state index in [0.29, 0.717) is 12.6 Å². The zero-order valence-electron chi connectivity index (χ0n) is 12.4. The van der Waals surface area contributed by atoms with Gasteiger partial charge in [0.1, 0.15) is 5.54 Å². The van der Waals surface area contributed by atoms with Crippen molar-refractivity contribution < 1.29 is 4.79 Å². The van der Waals surface area contributed by atoms with Crippen molar-refractivity contribution in [1.82, 2.24) is 9.80 Å². The molecule has 4 N–H and O–H groups in total. The topological polar surface area (TPSA) is 75.6 Å². The summed E-state index contributed by atoms with van der Waals surface area (Å²) >= 11 is 0. The van der Waals surface area contributed by atoms with Gasteiger partial charge in [0, 0.05) is 32.2 Å². The molecular weight excluding hydrogens is 264 g/mol. The number of benzene rings is 1. The van der Waals surface area contributed by atoms with Crippen molar-refractivity contribution in [2.75, 3.05) is 32.7 Å². The molecule has 0 radical (unpaired) electrons. The van der Waals surface area contributed by atoms with Crippen LogP contribution in [0.15, 0.2) is 30.3 Å². The van der Waals surface area contributed by atoms with E-state index < -0.39 is 11.4 Å². The van der Waals surface area contributed by atoms with Gasteiger partial charge in [0.05, 0.1) is 0 Å². The number of fused-ring (bicyclic) bond motifs is 1. The summed E-state index contributed by atoms with van der Waals surface area (Å²) in [6, 6.07) is 10.1. The Hall–Kier alpha value is -1.43. The highest BCUT2D eigenvalue weighted by Crippen LogP contribution is 2.25. The van der Waals surface area contributed by atoms with Crippen LogP contribution in [0.4, 0.5) is 0 Å². The smallest absolute Gasteiger partial charge is 0.243 e. The minimum Gasteiger partial charge on any atom is -0.368 e. The molecule has 1 aromatic rings. The van der Waals surface area contributed by atoms with Gasteiger partial charge in [-0.15, -0.1) is 0 Å². The summed E-state index contributed by atoms with van der Waals surface area (Å²) in [4.78, 5) is 16.8. The zero-order valence-corrected chi connectivity index (χ0v) is 12.4. The summed E-state index contributed by atoms with van der Waals surface area (Å²) in [6.45, 7) is 4.71. The van der Waals surface area contributed by atoms with Crippen molar-refractivity contribution in [1.29, 1.82) is 0 Å². The molecule has 2 unspecified atom stereocenters. The average molecular weight is 288 g/mol. The molecule has 0 aliphatic carbocycles. The molecule has 2 atom stereocenters. The van der Waals surface area contributed by atoms with Crippen LogP contribution >= 0.6 is 0 Å². The Morgan fingerprint density at radius 3 is 2.71 bits per heavy atom. The average Bonchev–Trinajstić information content (AvgIpc) is 2.95. The minimum atomic E-state index is -1.11. The van der Waals surface area contributed by atoms with Gasteiger partial charge in [-0.2, -0.15) is 0 Å². The lowest BCUT2D eigenvalue weighted by atomic mass is 9.89. The molecule has 2 aliphatic heterocycles. The summed E-state index contributed by atoms with van der Waals surface area (Å²) in [5.41, 5.74) is 11.7. The van der Waals surface area contributed by atoms with Crippen LogP contribution in [-0.2, 0) is 10.3 Å². The quantitative estimate of drug-likeness (QED) is 0.824. The van der Waals surface area contributed by atoms with Crippen LogP contribution in [0.5, 0.6) is 0 Å². The first-order valence-electron chi connectivity index (χ1n) is 7.70. The third kappa shape index (κ3) is 2.81. The summed E-state index contributed by atoms with van der Waals surface area (Å²) in [5.74, 6) is -0.456. The fraction of sp³-hybridized carbons (Fsp3) is 0.562. The first-order chi connectivity index (χ1) is 10.1. The fourth-order valence-electron chi connectivity index (χ4n) is 3.60. The predicted molar refractivity (Wildman–Crippen MR) is 82.5 cm³/mol. The highest BCUT2D eigenvalue weighted by atomic mass is 16.1. The van der Waals surface area contributed by atoms with Crippen molar-refractivity contribution >= 4 is 5.91 Å². The number of nitrogens with zero attached hydrogens (tertiary/aromatic N) is 2. The Morgan fingerprint density at radius 2 is 2.00 bits per heavy atom. The Morgan fingerprint density at radius 1 is 1.24 bits per heavy atom. The summed E-state index contributed by atoms with van der Waals surface area (Å²) in [7, 11) is 0. The highest BCUT2D eigenvalue weighted by molar-refractivity contribution is 5.86. The molecular formula is C16H24N4O. The van der Waals surface area contributed by atoms with E-state index in [0.717, 1.165) is 25.2 Å². The monoisotopic (exact) mass is 288 g/mol. The molecule has 2 aliphatic rings. The largest absolute Gasteiger partial charge is 0.368 e. The van der Waals surface area contributed by atoms with Crippen LogP contribution in [0.3, 0.4) is 0 Å². The third-order valence-electron chi connectivity index (χ3n) is 4.87. The van der Waals surface area contributed by atoms with Crippen LogP contribution in [0, 0.1) is 0 Å². The highest BCUT2D eigenvalue weighted by Gasteiger charge is 2.39. The number of rotatable bonds is 4. The predicted octanol–water partition coefficient (Wildman–Crippen LogP) is 0.106. The van der Waals surface area contributed by atoms with Crippen molar-refractivity contribution in [3.8, 4) is 0 Å². The third-order valence-corrected chi connectivity index (χ3v) is 4.87. The van der Waals surface area contributed by atoms with E-state index in [1.807, 2.05) is 30.3 Å². The molecule has 5 nitrogen and oxygen atoms in total. The maximum atomic E-state index is 12.0.